The lowest BCUT2D eigenvalue weighted by molar-refractivity contribution is 1.13. The first-order valence-electron chi connectivity index (χ1n) is 3.49. The standard InChI is InChI=1S/C7H7N3OS.ClH/c1-3-2-8-5-4(3)9-7(12)10-6(5)11;/h2,8H,1H3,(H2,9,10,11,12);1H. The van der Waals surface area contributed by atoms with Crippen LogP contribution in [-0.4, -0.2) is 15.0 Å². The molecular formula is C7H8ClN3OS. The van der Waals surface area contributed by atoms with E-state index in [1.165, 1.54) is 0 Å². The van der Waals surface area contributed by atoms with Crippen LogP contribution in [0.25, 0.3) is 11.0 Å². The molecule has 0 saturated carbocycles. The predicted molar refractivity (Wildman–Crippen MR) is 56.1 cm³/mol. The quantitative estimate of drug-likeness (QED) is 0.588. The van der Waals surface area contributed by atoms with E-state index in [0.29, 0.717) is 10.3 Å². The van der Waals surface area contributed by atoms with Crippen LogP contribution < -0.4 is 5.56 Å². The number of fused-ring (bicyclic) bond motifs is 1. The Bertz CT molecular complexity index is 538. The summed E-state index contributed by atoms with van der Waals surface area (Å²) >= 11 is 4.83. The van der Waals surface area contributed by atoms with Crippen molar-refractivity contribution in [1.29, 1.82) is 0 Å². The maximum Gasteiger partial charge on any atom is 0.276 e. The van der Waals surface area contributed by atoms with Crippen LogP contribution in [0.4, 0.5) is 0 Å². The normalized spacial score (nSPS) is 9.92. The molecular weight excluding hydrogens is 210 g/mol. The Hall–Kier alpha value is -1.07. The first-order valence-corrected chi connectivity index (χ1v) is 3.89. The molecule has 0 amide bonds. The zero-order valence-corrected chi connectivity index (χ0v) is 8.44. The summed E-state index contributed by atoms with van der Waals surface area (Å²) in [7, 11) is 0. The minimum absolute atomic E-state index is 0. The zero-order valence-electron chi connectivity index (χ0n) is 6.80. The van der Waals surface area contributed by atoms with Crippen LogP contribution in [0, 0.1) is 11.7 Å². The summed E-state index contributed by atoms with van der Waals surface area (Å²) in [4.78, 5) is 19.5. The summed E-state index contributed by atoms with van der Waals surface area (Å²) in [5.41, 5.74) is 2.13. The summed E-state index contributed by atoms with van der Waals surface area (Å²) in [5.74, 6) is 0. The molecule has 13 heavy (non-hydrogen) atoms. The van der Waals surface area contributed by atoms with E-state index in [1.54, 1.807) is 6.20 Å². The molecule has 70 valence electrons. The number of H-pyrrole nitrogens is 3. The van der Waals surface area contributed by atoms with Crippen molar-refractivity contribution >= 4 is 35.7 Å². The number of aromatic amines is 3. The van der Waals surface area contributed by atoms with Gasteiger partial charge in [0.15, 0.2) is 4.77 Å². The van der Waals surface area contributed by atoms with E-state index in [4.69, 9.17) is 12.2 Å². The average Bonchev–Trinajstić information content (AvgIpc) is 2.33. The van der Waals surface area contributed by atoms with E-state index in [0.717, 1.165) is 11.1 Å². The third kappa shape index (κ3) is 1.52. The molecule has 0 aliphatic carbocycles. The van der Waals surface area contributed by atoms with Crippen molar-refractivity contribution in [2.75, 3.05) is 0 Å². The van der Waals surface area contributed by atoms with Gasteiger partial charge in [0.2, 0.25) is 0 Å². The molecule has 0 aromatic carbocycles. The van der Waals surface area contributed by atoms with Crippen molar-refractivity contribution in [3.05, 3.63) is 26.9 Å². The molecule has 2 aromatic rings. The number of hydrogen-bond donors (Lipinski definition) is 3. The lowest BCUT2D eigenvalue weighted by Crippen LogP contribution is -2.07. The number of aryl methyl sites for hydroxylation is 1. The minimum atomic E-state index is -0.179. The van der Waals surface area contributed by atoms with E-state index < -0.39 is 0 Å². The Balaban J connectivity index is 0.000000845. The smallest absolute Gasteiger partial charge is 0.276 e. The van der Waals surface area contributed by atoms with Crippen LogP contribution in [-0.2, 0) is 0 Å². The van der Waals surface area contributed by atoms with Crippen molar-refractivity contribution in [2.24, 2.45) is 0 Å². The lowest BCUT2D eigenvalue weighted by atomic mass is 10.3. The number of nitrogens with one attached hydrogen (secondary N) is 3. The number of rotatable bonds is 0. The van der Waals surface area contributed by atoms with Crippen molar-refractivity contribution < 1.29 is 0 Å². The molecule has 4 nitrogen and oxygen atoms in total. The fourth-order valence-corrected chi connectivity index (χ4v) is 1.37. The lowest BCUT2D eigenvalue weighted by Gasteiger charge is -1.90. The summed E-state index contributed by atoms with van der Waals surface area (Å²) in [6.45, 7) is 1.91. The van der Waals surface area contributed by atoms with Gasteiger partial charge in [0.05, 0.1) is 5.52 Å². The van der Waals surface area contributed by atoms with E-state index in [2.05, 4.69) is 15.0 Å². The minimum Gasteiger partial charge on any atom is -0.355 e. The summed E-state index contributed by atoms with van der Waals surface area (Å²) in [5, 5.41) is 0. The molecule has 0 saturated heterocycles. The molecule has 0 spiro atoms. The van der Waals surface area contributed by atoms with Gasteiger partial charge in [-0.15, -0.1) is 12.4 Å². The van der Waals surface area contributed by atoms with Crippen molar-refractivity contribution in [2.45, 2.75) is 6.92 Å². The highest BCUT2D eigenvalue weighted by atomic mass is 35.5. The van der Waals surface area contributed by atoms with Gasteiger partial charge in [-0.2, -0.15) is 0 Å². The van der Waals surface area contributed by atoms with Gasteiger partial charge in [-0.1, -0.05) is 0 Å². The molecule has 3 N–H and O–H groups in total. The van der Waals surface area contributed by atoms with Gasteiger partial charge in [0, 0.05) is 6.20 Å². The molecule has 0 atom stereocenters. The van der Waals surface area contributed by atoms with Crippen molar-refractivity contribution in [3.63, 3.8) is 0 Å². The van der Waals surface area contributed by atoms with Crippen LogP contribution in [0.1, 0.15) is 5.56 Å². The third-order valence-electron chi connectivity index (χ3n) is 1.77. The third-order valence-corrected chi connectivity index (χ3v) is 1.97. The predicted octanol–water partition coefficient (Wildman–Crippen LogP) is 1.64. The molecule has 2 heterocycles. The SMILES string of the molecule is Cc1c[nH]c2c(=O)[nH]c(=S)[nH]c12.Cl. The van der Waals surface area contributed by atoms with E-state index in [9.17, 15) is 4.79 Å². The van der Waals surface area contributed by atoms with Gasteiger partial charge in [-0.3, -0.25) is 9.78 Å². The first-order chi connectivity index (χ1) is 5.68. The van der Waals surface area contributed by atoms with Gasteiger partial charge in [-0.05, 0) is 24.7 Å². The Morgan fingerprint density at radius 3 is 2.69 bits per heavy atom. The van der Waals surface area contributed by atoms with Gasteiger partial charge in [0.1, 0.15) is 5.52 Å². The fraction of sp³-hybridized carbons (Fsp3) is 0.143. The van der Waals surface area contributed by atoms with Crippen molar-refractivity contribution in [1.82, 2.24) is 15.0 Å². The van der Waals surface area contributed by atoms with Crippen LogP contribution in [0.3, 0.4) is 0 Å². The van der Waals surface area contributed by atoms with Crippen LogP contribution in [0.2, 0.25) is 0 Å². The molecule has 0 aliphatic rings. The Morgan fingerprint density at radius 1 is 1.31 bits per heavy atom. The molecule has 2 rings (SSSR count). The second-order valence-corrected chi connectivity index (χ2v) is 3.04. The summed E-state index contributed by atoms with van der Waals surface area (Å²) in [6, 6.07) is 0. The summed E-state index contributed by atoms with van der Waals surface area (Å²) < 4.78 is 0.357. The van der Waals surface area contributed by atoms with Gasteiger partial charge in [-0.25, -0.2) is 0 Å². The van der Waals surface area contributed by atoms with E-state index >= 15 is 0 Å². The molecule has 0 unspecified atom stereocenters. The molecule has 6 heteroatoms. The van der Waals surface area contributed by atoms with Crippen molar-refractivity contribution in [3.8, 4) is 0 Å². The maximum atomic E-state index is 11.2. The number of hydrogen-bond acceptors (Lipinski definition) is 2. The first kappa shape index (κ1) is 10.0. The highest BCUT2D eigenvalue weighted by Gasteiger charge is 2.02. The van der Waals surface area contributed by atoms with Gasteiger partial charge in [0.25, 0.3) is 5.56 Å². The topological polar surface area (TPSA) is 64.4 Å². The highest BCUT2D eigenvalue weighted by Crippen LogP contribution is 2.08. The second kappa shape index (κ2) is 3.35. The molecule has 2 aromatic heterocycles. The molecule has 0 aliphatic heterocycles. The Morgan fingerprint density at radius 2 is 2.00 bits per heavy atom. The number of halogens is 1. The van der Waals surface area contributed by atoms with Crippen LogP contribution in [0.15, 0.2) is 11.0 Å². The highest BCUT2D eigenvalue weighted by molar-refractivity contribution is 7.71. The molecule has 0 fully saturated rings. The van der Waals surface area contributed by atoms with E-state index in [1.807, 2.05) is 6.92 Å². The molecule has 0 bridgehead atoms. The monoisotopic (exact) mass is 217 g/mol. The molecule has 0 radical (unpaired) electrons. The maximum absolute atomic E-state index is 11.2. The summed E-state index contributed by atoms with van der Waals surface area (Å²) in [6.07, 6.45) is 1.77. The van der Waals surface area contributed by atoms with Gasteiger partial charge < -0.3 is 9.97 Å². The largest absolute Gasteiger partial charge is 0.355 e. The van der Waals surface area contributed by atoms with E-state index in [-0.39, 0.29) is 18.0 Å². The Labute approximate surface area is 84.8 Å². The van der Waals surface area contributed by atoms with Crippen LogP contribution >= 0.6 is 24.6 Å². The van der Waals surface area contributed by atoms with Gasteiger partial charge >= 0.3 is 0 Å². The van der Waals surface area contributed by atoms with Crippen LogP contribution in [0.5, 0.6) is 0 Å². The zero-order chi connectivity index (χ0) is 8.72. The average molecular weight is 218 g/mol. The second-order valence-electron chi connectivity index (χ2n) is 2.63. The fourth-order valence-electron chi connectivity index (χ4n) is 1.17. The number of aromatic nitrogens is 3. The Kier molecular flexibility index (Phi) is 2.58.